The number of nitrogens with zero attached hydrogens (tertiary/aromatic N) is 4. The summed E-state index contributed by atoms with van der Waals surface area (Å²) in [6, 6.07) is 8.14. The third-order valence-electron chi connectivity index (χ3n) is 5.38. The van der Waals surface area contributed by atoms with E-state index in [0.717, 1.165) is 56.1 Å². The summed E-state index contributed by atoms with van der Waals surface area (Å²) in [7, 11) is 0. The van der Waals surface area contributed by atoms with Gasteiger partial charge >= 0.3 is 0 Å². The Morgan fingerprint density at radius 2 is 2.00 bits per heavy atom. The summed E-state index contributed by atoms with van der Waals surface area (Å²) in [4.78, 5) is 26.3. The molecule has 0 aliphatic carbocycles. The van der Waals surface area contributed by atoms with Crippen LogP contribution in [0.25, 0.3) is 0 Å². The van der Waals surface area contributed by atoms with Crippen molar-refractivity contribution in [2.24, 2.45) is 0 Å². The second-order valence-electron chi connectivity index (χ2n) is 7.01. The van der Waals surface area contributed by atoms with E-state index in [2.05, 4.69) is 33.1 Å². The topological polar surface area (TPSA) is 49.3 Å². The maximum Gasteiger partial charge on any atom is 0.244 e. The van der Waals surface area contributed by atoms with Crippen molar-refractivity contribution < 1.29 is 4.79 Å². The highest BCUT2D eigenvalue weighted by Gasteiger charge is 2.31. The number of anilines is 1. The van der Waals surface area contributed by atoms with Crippen molar-refractivity contribution >= 4 is 11.6 Å². The lowest BCUT2D eigenvalue weighted by molar-refractivity contribution is -0.123. The summed E-state index contributed by atoms with van der Waals surface area (Å²) in [5.74, 6) is 0.992. The largest absolute Gasteiger partial charge is 0.311 e. The number of benzene rings is 1. The highest BCUT2D eigenvalue weighted by molar-refractivity contribution is 5.98. The molecule has 2 aromatic rings. The second kappa shape index (κ2) is 6.56. The summed E-state index contributed by atoms with van der Waals surface area (Å²) in [5, 5.41) is 0. The van der Waals surface area contributed by atoms with Crippen LogP contribution in [0.3, 0.4) is 0 Å². The molecule has 3 heterocycles. The van der Waals surface area contributed by atoms with Gasteiger partial charge in [0.15, 0.2) is 0 Å². The number of carbonyl (C=O) groups excluding carboxylic acids is 1. The average molecular weight is 336 g/mol. The van der Waals surface area contributed by atoms with Gasteiger partial charge in [0.2, 0.25) is 5.91 Å². The van der Waals surface area contributed by atoms with Crippen molar-refractivity contribution in [1.29, 1.82) is 0 Å². The van der Waals surface area contributed by atoms with Crippen molar-refractivity contribution in [2.45, 2.75) is 45.7 Å². The van der Waals surface area contributed by atoms with Gasteiger partial charge < -0.3 is 4.90 Å². The first kappa shape index (κ1) is 16.2. The first-order valence-corrected chi connectivity index (χ1v) is 9.08. The molecule has 0 radical (unpaired) electrons. The molecule has 1 aromatic carbocycles. The molecule has 0 fully saturated rings. The number of hydrogen-bond donors (Lipinski definition) is 0. The Hall–Kier alpha value is -2.27. The standard InChI is InChI=1S/C20H24N4O/c1-14(23-11-9-17-12-21-15(2)22-18(17)13-23)20(25)24-10-5-7-16-6-3-4-8-19(16)24/h3-4,6,8,12,14H,5,7,9-11,13H2,1-2H3. The van der Waals surface area contributed by atoms with Gasteiger partial charge in [-0.15, -0.1) is 0 Å². The van der Waals surface area contributed by atoms with E-state index in [-0.39, 0.29) is 11.9 Å². The SMILES string of the molecule is Cc1ncc2c(n1)CN(C(C)C(=O)N1CCCc3ccccc31)CC2. The van der Waals surface area contributed by atoms with Gasteiger partial charge in [-0.2, -0.15) is 0 Å². The fourth-order valence-electron chi connectivity index (χ4n) is 3.90. The van der Waals surface area contributed by atoms with Crippen molar-refractivity contribution in [2.75, 3.05) is 18.0 Å². The first-order valence-electron chi connectivity index (χ1n) is 9.08. The Morgan fingerprint density at radius 3 is 2.88 bits per heavy atom. The lowest BCUT2D eigenvalue weighted by Crippen LogP contribution is -2.50. The van der Waals surface area contributed by atoms with Crippen LogP contribution in [-0.4, -0.2) is 39.9 Å². The molecule has 5 heteroatoms. The maximum atomic E-state index is 13.2. The number of rotatable bonds is 2. The van der Waals surface area contributed by atoms with Gasteiger partial charge in [0.05, 0.1) is 11.7 Å². The van der Waals surface area contributed by atoms with Crippen LogP contribution in [0.1, 0.15) is 36.0 Å². The molecule has 2 aliphatic heterocycles. The Kier molecular flexibility index (Phi) is 4.25. The molecule has 1 amide bonds. The normalized spacial score (nSPS) is 18.4. The zero-order valence-electron chi connectivity index (χ0n) is 14.9. The Morgan fingerprint density at radius 1 is 1.16 bits per heavy atom. The molecular weight excluding hydrogens is 312 g/mol. The zero-order chi connectivity index (χ0) is 17.4. The van der Waals surface area contributed by atoms with Crippen LogP contribution in [0.15, 0.2) is 30.5 Å². The fraction of sp³-hybridized carbons (Fsp3) is 0.450. The summed E-state index contributed by atoms with van der Waals surface area (Å²) in [6.45, 7) is 6.35. The van der Waals surface area contributed by atoms with Gasteiger partial charge in [-0.05, 0) is 50.3 Å². The zero-order valence-corrected chi connectivity index (χ0v) is 14.9. The quantitative estimate of drug-likeness (QED) is 0.845. The van der Waals surface area contributed by atoms with Gasteiger partial charge in [0.25, 0.3) is 0 Å². The number of carbonyl (C=O) groups is 1. The van der Waals surface area contributed by atoms with Crippen LogP contribution >= 0.6 is 0 Å². The third-order valence-corrected chi connectivity index (χ3v) is 5.38. The lowest BCUT2D eigenvalue weighted by Gasteiger charge is -2.37. The van der Waals surface area contributed by atoms with E-state index < -0.39 is 0 Å². The van der Waals surface area contributed by atoms with E-state index >= 15 is 0 Å². The predicted molar refractivity (Wildman–Crippen MR) is 97.5 cm³/mol. The van der Waals surface area contributed by atoms with Crippen molar-refractivity contribution in [3.63, 3.8) is 0 Å². The van der Waals surface area contributed by atoms with Crippen LogP contribution in [0.5, 0.6) is 0 Å². The molecule has 0 saturated carbocycles. The smallest absolute Gasteiger partial charge is 0.244 e. The van der Waals surface area contributed by atoms with E-state index in [1.54, 1.807) is 0 Å². The van der Waals surface area contributed by atoms with Crippen LogP contribution < -0.4 is 4.90 Å². The van der Waals surface area contributed by atoms with E-state index in [1.165, 1.54) is 11.1 Å². The van der Waals surface area contributed by atoms with Gasteiger partial charge in [-0.3, -0.25) is 9.69 Å². The third kappa shape index (κ3) is 3.04. The van der Waals surface area contributed by atoms with Crippen LogP contribution in [-0.2, 0) is 24.2 Å². The molecular formula is C20H24N4O. The molecule has 5 nitrogen and oxygen atoms in total. The summed E-state index contributed by atoms with van der Waals surface area (Å²) < 4.78 is 0. The number of hydrogen-bond acceptors (Lipinski definition) is 4. The van der Waals surface area contributed by atoms with E-state index in [1.807, 2.05) is 31.0 Å². The van der Waals surface area contributed by atoms with Crippen LogP contribution in [0.2, 0.25) is 0 Å². The fourth-order valence-corrected chi connectivity index (χ4v) is 3.90. The number of aryl methyl sites for hydroxylation is 2. The van der Waals surface area contributed by atoms with Crippen molar-refractivity contribution in [1.82, 2.24) is 14.9 Å². The molecule has 0 bridgehead atoms. The van der Waals surface area contributed by atoms with E-state index in [0.29, 0.717) is 0 Å². The Balaban J connectivity index is 1.54. The maximum absolute atomic E-state index is 13.2. The molecule has 0 saturated heterocycles. The van der Waals surface area contributed by atoms with Crippen molar-refractivity contribution in [3.8, 4) is 0 Å². The number of amides is 1. The first-order chi connectivity index (χ1) is 12.1. The molecule has 130 valence electrons. The summed E-state index contributed by atoms with van der Waals surface area (Å²) in [6.07, 6.45) is 4.93. The van der Waals surface area contributed by atoms with Crippen LogP contribution in [0, 0.1) is 6.92 Å². The van der Waals surface area contributed by atoms with Crippen LogP contribution in [0.4, 0.5) is 5.69 Å². The molecule has 1 atom stereocenters. The molecule has 0 N–H and O–H groups in total. The summed E-state index contributed by atoms with van der Waals surface area (Å²) in [5.41, 5.74) is 4.64. The minimum absolute atomic E-state index is 0.144. The van der Waals surface area contributed by atoms with E-state index in [4.69, 9.17) is 0 Å². The number of aromatic nitrogens is 2. The molecule has 2 aliphatic rings. The minimum Gasteiger partial charge on any atom is -0.311 e. The molecule has 4 rings (SSSR count). The lowest BCUT2D eigenvalue weighted by atomic mass is 10.00. The highest BCUT2D eigenvalue weighted by atomic mass is 16.2. The molecule has 1 unspecified atom stereocenters. The monoisotopic (exact) mass is 336 g/mol. The molecule has 0 spiro atoms. The highest BCUT2D eigenvalue weighted by Crippen LogP contribution is 2.28. The average Bonchev–Trinajstić information content (AvgIpc) is 2.65. The van der Waals surface area contributed by atoms with Gasteiger partial charge in [0.1, 0.15) is 5.82 Å². The minimum atomic E-state index is -0.144. The summed E-state index contributed by atoms with van der Waals surface area (Å²) >= 11 is 0. The van der Waals surface area contributed by atoms with Gasteiger partial charge in [-0.1, -0.05) is 18.2 Å². The Labute approximate surface area is 148 Å². The number of fused-ring (bicyclic) bond motifs is 2. The predicted octanol–water partition coefficient (Wildman–Crippen LogP) is 2.51. The Bertz CT molecular complexity index is 804. The van der Waals surface area contributed by atoms with Crippen molar-refractivity contribution in [3.05, 3.63) is 53.1 Å². The molecule has 25 heavy (non-hydrogen) atoms. The van der Waals surface area contributed by atoms with E-state index in [9.17, 15) is 4.79 Å². The van der Waals surface area contributed by atoms with Gasteiger partial charge in [-0.25, -0.2) is 9.97 Å². The van der Waals surface area contributed by atoms with Gasteiger partial charge in [0, 0.05) is 31.5 Å². The molecule has 1 aromatic heterocycles. The number of para-hydroxylation sites is 1. The second-order valence-corrected chi connectivity index (χ2v) is 7.01.